The van der Waals surface area contributed by atoms with Gasteiger partial charge in [0, 0.05) is 32.7 Å². The second kappa shape index (κ2) is 13.0. The zero-order chi connectivity index (χ0) is 37.8. The van der Waals surface area contributed by atoms with E-state index >= 15 is 0 Å². The van der Waals surface area contributed by atoms with E-state index in [4.69, 9.17) is 4.98 Å². The van der Waals surface area contributed by atoms with Crippen molar-refractivity contribution >= 4 is 43.6 Å². The molecule has 0 radical (unpaired) electrons. The van der Waals surface area contributed by atoms with Gasteiger partial charge in [-0.2, -0.15) is 15.8 Å². The quantitative estimate of drug-likeness (QED) is 0.177. The number of nitriles is 3. The number of hydrogen-bond donors (Lipinski definition) is 0. The molecule has 0 N–H and O–H groups in total. The minimum absolute atomic E-state index is 0.558. The van der Waals surface area contributed by atoms with Gasteiger partial charge in [-0.3, -0.25) is 4.57 Å². The number of fused-ring (bicyclic) bond motifs is 6. The van der Waals surface area contributed by atoms with Crippen molar-refractivity contribution in [2.45, 2.75) is 0 Å². The molecule has 10 aromatic rings. The van der Waals surface area contributed by atoms with Crippen LogP contribution in [0.1, 0.15) is 16.7 Å². The summed E-state index contributed by atoms with van der Waals surface area (Å²) in [6.07, 6.45) is 1.93. The lowest BCUT2D eigenvalue weighted by Crippen LogP contribution is -2.04. The van der Waals surface area contributed by atoms with Crippen molar-refractivity contribution in [1.29, 1.82) is 15.8 Å². The molecular formula is C50H28N6. The summed E-state index contributed by atoms with van der Waals surface area (Å²) in [6, 6.07) is 61.6. The number of para-hydroxylation sites is 2. The first kappa shape index (κ1) is 32.4. The minimum atomic E-state index is 0.558. The van der Waals surface area contributed by atoms with Gasteiger partial charge in [-0.1, -0.05) is 103 Å². The second-order valence-corrected chi connectivity index (χ2v) is 13.8. The van der Waals surface area contributed by atoms with Gasteiger partial charge < -0.3 is 4.57 Å². The standard InChI is InChI=1S/C50H28N6/c51-28-32-9-7-12-34(23-32)36-19-21-42-40-15-3-5-17-45(40)55(47(42)25-36)49-31-54-50(27-44(49)39-14-2-1-11-38(39)30-53)56-46-18-6-4-16-41(46)43-22-20-37(26-48(43)56)35-13-8-10-33(24-35)29-52/h1-27,31H. The number of rotatable bonds is 5. The van der Waals surface area contributed by atoms with Crippen LogP contribution in [0.15, 0.2) is 170 Å². The first-order valence-electron chi connectivity index (χ1n) is 18.2. The molecule has 0 bridgehead atoms. The Bertz CT molecular complexity index is 3360. The van der Waals surface area contributed by atoms with Crippen LogP contribution in [0.4, 0.5) is 0 Å². The summed E-state index contributed by atoms with van der Waals surface area (Å²) < 4.78 is 4.44. The summed E-state index contributed by atoms with van der Waals surface area (Å²) in [7, 11) is 0. The normalized spacial score (nSPS) is 11.2. The smallest absolute Gasteiger partial charge is 0.138 e. The molecule has 0 fully saturated rings. The van der Waals surface area contributed by atoms with Gasteiger partial charge in [0.15, 0.2) is 0 Å². The summed E-state index contributed by atoms with van der Waals surface area (Å²) in [4.78, 5) is 5.25. The molecule has 258 valence electrons. The molecule has 0 saturated carbocycles. The lowest BCUT2D eigenvalue weighted by Gasteiger charge is -2.17. The largest absolute Gasteiger partial charge is 0.307 e. The topological polar surface area (TPSA) is 94.1 Å². The van der Waals surface area contributed by atoms with E-state index in [9.17, 15) is 15.8 Å². The van der Waals surface area contributed by atoms with Crippen molar-refractivity contribution in [3.05, 3.63) is 187 Å². The van der Waals surface area contributed by atoms with Crippen LogP contribution in [0, 0.1) is 34.0 Å². The van der Waals surface area contributed by atoms with Gasteiger partial charge in [0.05, 0.1) is 68.8 Å². The van der Waals surface area contributed by atoms with Crippen LogP contribution in [-0.4, -0.2) is 14.1 Å². The number of benzene rings is 7. The third-order valence-corrected chi connectivity index (χ3v) is 10.7. The van der Waals surface area contributed by atoms with Gasteiger partial charge in [-0.15, -0.1) is 0 Å². The van der Waals surface area contributed by atoms with Gasteiger partial charge >= 0.3 is 0 Å². The fraction of sp³-hybridized carbons (Fsp3) is 0. The maximum atomic E-state index is 10.4. The van der Waals surface area contributed by atoms with Crippen molar-refractivity contribution in [2.75, 3.05) is 0 Å². The van der Waals surface area contributed by atoms with E-state index in [1.807, 2.05) is 91.1 Å². The van der Waals surface area contributed by atoms with Crippen LogP contribution >= 0.6 is 0 Å². The monoisotopic (exact) mass is 712 g/mol. The number of aromatic nitrogens is 3. The van der Waals surface area contributed by atoms with Crippen LogP contribution < -0.4 is 0 Å². The fourth-order valence-electron chi connectivity index (χ4n) is 8.11. The molecule has 7 aromatic carbocycles. The minimum Gasteiger partial charge on any atom is -0.307 e. The predicted molar refractivity (Wildman–Crippen MR) is 223 cm³/mol. The lowest BCUT2D eigenvalue weighted by atomic mass is 9.99. The maximum Gasteiger partial charge on any atom is 0.138 e. The van der Waals surface area contributed by atoms with Crippen molar-refractivity contribution < 1.29 is 0 Å². The highest BCUT2D eigenvalue weighted by Gasteiger charge is 2.21. The molecule has 0 saturated heterocycles. The Morgan fingerprint density at radius 3 is 1.52 bits per heavy atom. The zero-order valence-electron chi connectivity index (χ0n) is 29.8. The molecule has 0 aliphatic heterocycles. The van der Waals surface area contributed by atoms with Crippen LogP contribution in [-0.2, 0) is 0 Å². The van der Waals surface area contributed by atoms with Crippen molar-refractivity contribution in [3.8, 4) is 63.1 Å². The average Bonchev–Trinajstić information content (AvgIpc) is 3.78. The van der Waals surface area contributed by atoms with E-state index in [-0.39, 0.29) is 0 Å². The Hall–Kier alpha value is -8.24. The van der Waals surface area contributed by atoms with Crippen molar-refractivity contribution in [1.82, 2.24) is 14.1 Å². The van der Waals surface area contributed by atoms with Crippen LogP contribution in [0.3, 0.4) is 0 Å². The van der Waals surface area contributed by atoms with Crippen molar-refractivity contribution in [2.24, 2.45) is 0 Å². The van der Waals surface area contributed by atoms with E-state index in [0.29, 0.717) is 22.5 Å². The van der Waals surface area contributed by atoms with Crippen LogP contribution in [0.25, 0.3) is 88.5 Å². The molecule has 0 unspecified atom stereocenters. The first-order chi connectivity index (χ1) is 27.6. The highest BCUT2D eigenvalue weighted by atomic mass is 15.1. The Labute approximate surface area is 322 Å². The molecule has 6 heteroatoms. The molecule has 56 heavy (non-hydrogen) atoms. The summed E-state index contributed by atoms with van der Waals surface area (Å²) in [6.45, 7) is 0. The van der Waals surface area contributed by atoms with E-state index in [0.717, 1.165) is 82.7 Å². The number of nitrogens with zero attached hydrogens (tertiary/aromatic N) is 6. The summed E-state index contributed by atoms with van der Waals surface area (Å²) in [5.41, 5.74) is 12.1. The average molecular weight is 713 g/mol. The molecule has 3 aromatic heterocycles. The zero-order valence-corrected chi connectivity index (χ0v) is 29.8. The molecule has 0 aliphatic carbocycles. The highest BCUT2D eigenvalue weighted by molar-refractivity contribution is 6.12. The molecule has 0 aliphatic rings. The van der Waals surface area contributed by atoms with E-state index in [1.54, 1.807) is 0 Å². The number of pyridine rings is 1. The summed E-state index contributed by atoms with van der Waals surface area (Å²) in [5, 5.41) is 34.1. The maximum absolute atomic E-state index is 10.4. The second-order valence-electron chi connectivity index (χ2n) is 13.8. The SMILES string of the molecule is N#Cc1cccc(-c2ccc3c4ccccc4n(-c4cc(-c5ccccc5C#N)c(-n5c6ccccc6c6ccc(-c7cccc(C#N)c7)cc65)cn4)c3c2)c1. The third kappa shape index (κ3) is 5.12. The number of hydrogen-bond acceptors (Lipinski definition) is 4. The van der Waals surface area contributed by atoms with Crippen LogP contribution in [0.2, 0.25) is 0 Å². The molecule has 3 heterocycles. The van der Waals surface area contributed by atoms with E-state index in [2.05, 4.69) is 106 Å². The highest BCUT2D eigenvalue weighted by Crippen LogP contribution is 2.41. The van der Waals surface area contributed by atoms with E-state index in [1.165, 1.54) is 0 Å². The van der Waals surface area contributed by atoms with Gasteiger partial charge in [0.25, 0.3) is 0 Å². The molecule has 0 spiro atoms. The van der Waals surface area contributed by atoms with Gasteiger partial charge in [-0.25, -0.2) is 4.98 Å². The molecule has 0 amide bonds. The Morgan fingerprint density at radius 2 is 0.911 bits per heavy atom. The van der Waals surface area contributed by atoms with Gasteiger partial charge in [0.2, 0.25) is 0 Å². The molecule has 0 atom stereocenters. The Morgan fingerprint density at radius 1 is 0.393 bits per heavy atom. The summed E-state index contributed by atoms with van der Waals surface area (Å²) in [5.74, 6) is 0.709. The fourth-order valence-corrected chi connectivity index (χ4v) is 8.11. The predicted octanol–water partition coefficient (Wildman–Crippen LogP) is 11.9. The van der Waals surface area contributed by atoms with E-state index < -0.39 is 0 Å². The van der Waals surface area contributed by atoms with Gasteiger partial charge in [0.1, 0.15) is 5.82 Å². The molecule has 10 rings (SSSR count). The third-order valence-electron chi connectivity index (χ3n) is 10.7. The summed E-state index contributed by atoms with van der Waals surface area (Å²) >= 11 is 0. The Kier molecular flexibility index (Phi) is 7.53. The van der Waals surface area contributed by atoms with Gasteiger partial charge in [-0.05, 0) is 82.9 Å². The lowest BCUT2D eigenvalue weighted by molar-refractivity contribution is 1.06. The molecule has 6 nitrogen and oxygen atoms in total. The molecular weight excluding hydrogens is 685 g/mol. The first-order valence-corrected chi connectivity index (χ1v) is 18.2. The van der Waals surface area contributed by atoms with Crippen LogP contribution in [0.5, 0.6) is 0 Å². The Balaban J connectivity index is 1.27. The van der Waals surface area contributed by atoms with Crippen molar-refractivity contribution in [3.63, 3.8) is 0 Å².